The van der Waals surface area contributed by atoms with Crippen LogP contribution in [0.1, 0.15) is 37.1 Å². The molecule has 0 bridgehead atoms. The molecule has 3 aromatic rings. The second kappa shape index (κ2) is 9.73. The van der Waals surface area contributed by atoms with Gasteiger partial charge in [0.25, 0.3) is 0 Å². The molecule has 33 heavy (non-hydrogen) atoms. The molecule has 1 aliphatic heterocycles. The van der Waals surface area contributed by atoms with Gasteiger partial charge in [0, 0.05) is 38.7 Å². The molecule has 0 aliphatic carbocycles. The first-order valence-electron chi connectivity index (χ1n) is 11.1. The average Bonchev–Trinajstić information content (AvgIpc) is 3.14. The summed E-state index contributed by atoms with van der Waals surface area (Å²) in [4.78, 5) is 17.3. The third-order valence-electron chi connectivity index (χ3n) is 5.99. The Bertz CT molecular complexity index is 1300. The predicted octanol–water partition coefficient (Wildman–Crippen LogP) is 3.39. The molecule has 1 fully saturated rings. The van der Waals surface area contributed by atoms with Gasteiger partial charge in [-0.05, 0) is 48.7 Å². The maximum absolute atomic E-state index is 13.0. The molecule has 0 unspecified atom stereocenters. The lowest BCUT2D eigenvalue weighted by Gasteiger charge is -2.25. The van der Waals surface area contributed by atoms with Gasteiger partial charge in [0.1, 0.15) is 5.82 Å². The Morgan fingerprint density at radius 1 is 1.12 bits per heavy atom. The van der Waals surface area contributed by atoms with E-state index < -0.39 is 10.0 Å². The molecule has 172 valence electrons. The molecule has 2 heterocycles. The van der Waals surface area contributed by atoms with E-state index >= 15 is 0 Å². The minimum Gasteiger partial charge on any atom is -0.331 e. The summed E-state index contributed by atoms with van der Waals surface area (Å²) in [5, 5.41) is 11.6. The first-order chi connectivity index (χ1) is 15.9. The van der Waals surface area contributed by atoms with Crippen molar-refractivity contribution in [1.82, 2.24) is 13.9 Å². The summed E-state index contributed by atoms with van der Waals surface area (Å²) < 4.78 is 29.4. The molecule has 1 saturated heterocycles. The first-order valence-corrected chi connectivity index (χ1v) is 12.5. The molecule has 0 atom stereocenters. The van der Waals surface area contributed by atoms with Gasteiger partial charge >= 0.3 is 0 Å². The number of benzene rings is 2. The summed E-state index contributed by atoms with van der Waals surface area (Å²) >= 11 is 0. The minimum absolute atomic E-state index is 0.136. The van der Waals surface area contributed by atoms with Gasteiger partial charge in [-0.1, -0.05) is 18.6 Å². The van der Waals surface area contributed by atoms with Crippen LogP contribution < -0.4 is 5.32 Å². The Balaban J connectivity index is 1.44. The highest BCUT2D eigenvalue weighted by molar-refractivity contribution is 7.89. The number of aryl methyl sites for hydroxylation is 2. The molecule has 8 nitrogen and oxygen atoms in total. The number of hydrogen-bond donors (Lipinski definition) is 1. The number of anilines is 1. The number of sulfonamides is 1. The lowest BCUT2D eigenvalue weighted by atomic mass is 10.1. The van der Waals surface area contributed by atoms with Crippen LogP contribution in [0.2, 0.25) is 0 Å². The molecule has 1 aromatic heterocycles. The standard InChI is InChI=1S/C24H27N5O3S/c1-28-22-10-9-20(33(31,32)29-15-3-2-4-16-29)17-21(22)27-23(28)11-12-24(30)26-19-7-5-18(6-8-19)13-14-25/h5-10,17H,2-4,11-13,15-16H2,1H3,(H,26,30). The van der Waals surface area contributed by atoms with E-state index in [0.29, 0.717) is 37.1 Å². The molecule has 4 rings (SSSR count). The number of hydrogen-bond acceptors (Lipinski definition) is 5. The average molecular weight is 466 g/mol. The maximum atomic E-state index is 13.0. The van der Waals surface area contributed by atoms with E-state index in [2.05, 4.69) is 16.4 Å². The van der Waals surface area contributed by atoms with E-state index in [4.69, 9.17) is 5.26 Å². The van der Waals surface area contributed by atoms with E-state index in [-0.39, 0.29) is 17.2 Å². The van der Waals surface area contributed by atoms with Gasteiger partial charge < -0.3 is 9.88 Å². The van der Waals surface area contributed by atoms with Crippen LogP contribution in [-0.4, -0.2) is 41.3 Å². The zero-order valence-corrected chi connectivity index (χ0v) is 19.4. The number of imidazole rings is 1. The first kappa shape index (κ1) is 23.0. The summed E-state index contributed by atoms with van der Waals surface area (Å²) in [5.41, 5.74) is 3.02. The number of rotatable bonds is 7. The third-order valence-corrected chi connectivity index (χ3v) is 7.89. The normalized spacial score (nSPS) is 14.8. The fourth-order valence-corrected chi connectivity index (χ4v) is 5.65. The van der Waals surface area contributed by atoms with Crippen molar-refractivity contribution in [3.63, 3.8) is 0 Å². The van der Waals surface area contributed by atoms with Crippen molar-refractivity contribution in [3.05, 3.63) is 53.9 Å². The Kier molecular flexibility index (Phi) is 6.77. The van der Waals surface area contributed by atoms with Crippen molar-refractivity contribution in [2.45, 2.75) is 43.4 Å². The number of aromatic nitrogens is 2. The van der Waals surface area contributed by atoms with Crippen LogP contribution >= 0.6 is 0 Å². The number of nitriles is 1. The molecule has 1 amide bonds. The molecule has 2 aromatic carbocycles. The predicted molar refractivity (Wildman–Crippen MR) is 126 cm³/mol. The zero-order valence-electron chi connectivity index (χ0n) is 18.6. The quantitative estimate of drug-likeness (QED) is 0.575. The number of fused-ring (bicyclic) bond motifs is 1. The van der Waals surface area contributed by atoms with Crippen LogP contribution in [0.5, 0.6) is 0 Å². The molecule has 0 spiro atoms. The molecule has 1 N–H and O–H groups in total. The lowest BCUT2D eigenvalue weighted by molar-refractivity contribution is -0.116. The van der Waals surface area contributed by atoms with Crippen molar-refractivity contribution in [3.8, 4) is 6.07 Å². The lowest BCUT2D eigenvalue weighted by Crippen LogP contribution is -2.35. The van der Waals surface area contributed by atoms with Gasteiger partial charge in [-0.3, -0.25) is 4.79 Å². The SMILES string of the molecule is Cn1c(CCC(=O)Nc2ccc(CC#N)cc2)nc2cc(S(=O)(=O)N3CCCCC3)ccc21. The largest absolute Gasteiger partial charge is 0.331 e. The molecule has 0 radical (unpaired) electrons. The topological polar surface area (TPSA) is 108 Å². The fraction of sp³-hybridized carbons (Fsp3) is 0.375. The second-order valence-electron chi connectivity index (χ2n) is 8.28. The number of nitrogens with zero attached hydrogens (tertiary/aromatic N) is 4. The minimum atomic E-state index is -3.52. The Morgan fingerprint density at radius 2 is 1.85 bits per heavy atom. The number of amides is 1. The molecular weight excluding hydrogens is 438 g/mol. The van der Waals surface area contributed by atoms with Crippen molar-refractivity contribution in [2.24, 2.45) is 7.05 Å². The van der Waals surface area contributed by atoms with Crippen LogP contribution in [-0.2, 0) is 34.7 Å². The Morgan fingerprint density at radius 3 is 2.55 bits per heavy atom. The van der Waals surface area contributed by atoms with Crippen molar-refractivity contribution < 1.29 is 13.2 Å². The van der Waals surface area contributed by atoms with Gasteiger partial charge in [0.15, 0.2) is 0 Å². The van der Waals surface area contributed by atoms with Gasteiger partial charge in [0.2, 0.25) is 15.9 Å². The summed E-state index contributed by atoms with van der Waals surface area (Å²) in [6.07, 6.45) is 3.85. The number of carbonyl (C=O) groups excluding carboxylic acids is 1. The third kappa shape index (κ3) is 5.07. The van der Waals surface area contributed by atoms with E-state index in [0.717, 1.165) is 36.2 Å². The monoisotopic (exact) mass is 465 g/mol. The number of carbonyl (C=O) groups is 1. The van der Waals surface area contributed by atoms with E-state index in [1.54, 1.807) is 34.6 Å². The van der Waals surface area contributed by atoms with Crippen LogP contribution in [0.15, 0.2) is 47.4 Å². The van der Waals surface area contributed by atoms with Crippen LogP contribution in [0.25, 0.3) is 11.0 Å². The smallest absolute Gasteiger partial charge is 0.243 e. The van der Waals surface area contributed by atoms with E-state index in [1.807, 2.05) is 23.7 Å². The Hall–Kier alpha value is -3.22. The van der Waals surface area contributed by atoms with Crippen LogP contribution in [0, 0.1) is 11.3 Å². The molecule has 9 heteroatoms. The summed E-state index contributed by atoms with van der Waals surface area (Å²) in [7, 11) is -1.65. The van der Waals surface area contributed by atoms with E-state index in [9.17, 15) is 13.2 Å². The fourth-order valence-electron chi connectivity index (χ4n) is 4.11. The van der Waals surface area contributed by atoms with Crippen molar-refractivity contribution in [1.29, 1.82) is 5.26 Å². The molecule has 1 aliphatic rings. The van der Waals surface area contributed by atoms with Gasteiger partial charge in [0.05, 0.1) is 28.4 Å². The molecule has 0 saturated carbocycles. The van der Waals surface area contributed by atoms with Gasteiger partial charge in [-0.2, -0.15) is 9.57 Å². The van der Waals surface area contributed by atoms with E-state index in [1.165, 1.54) is 0 Å². The summed E-state index contributed by atoms with van der Waals surface area (Å²) in [5.74, 6) is 0.584. The molecular formula is C24H27N5O3S. The van der Waals surface area contributed by atoms with Gasteiger partial charge in [-0.15, -0.1) is 0 Å². The van der Waals surface area contributed by atoms with Crippen LogP contribution in [0.4, 0.5) is 5.69 Å². The summed E-state index contributed by atoms with van der Waals surface area (Å²) in [6, 6.07) is 14.3. The summed E-state index contributed by atoms with van der Waals surface area (Å²) in [6.45, 7) is 1.12. The highest BCUT2D eigenvalue weighted by atomic mass is 32.2. The van der Waals surface area contributed by atoms with Crippen molar-refractivity contribution >= 4 is 32.7 Å². The highest BCUT2D eigenvalue weighted by Crippen LogP contribution is 2.25. The second-order valence-corrected chi connectivity index (χ2v) is 10.2. The van der Waals surface area contributed by atoms with Crippen molar-refractivity contribution in [2.75, 3.05) is 18.4 Å². The van der Waals surface area contributed by atoms with Crippen LogP contribution in [0.3, 0.4) is 0 Å². The highest BCUT2D eigenvalue weighted by Gasteiger charge is 2.26. The number of piperidine rings is 1. The van der Waals surface area contributed by atoms with Gasteiger partial charge in [-0.25, -0.2) is 13.4 Å². The zero-order chi connectivity index (χ0) is 23.4. The maximum Gasteiger partial charge on any atom is 0.243 e. The number of nitrogens with one attached hydrogen (secondary N) is 1. The Labute approximate surface area is 193 Å².